The highest BCUT2D eigenvalue weighted by molar-refractivity contribution is 7.91. The van der Waals surface area contributed by atoms with E-state index in [1.807, 2.05) is 6.92 Å². The molecule has 0 saturated carbocycles. The number of aromatic carboxylic acids is 1. The lowest BCUT2D eigenvalue weighted by Gasteiger charge is -2.15. The molecule has 1 aromatic heterocycles. The maximum atomic E-state index is 12.0. The van der Waals surface area contributed by atoms with E-state index >= 15 is 0 Å². The van der Waals surface area contributed by atoms with E-state index in [0.717, 1.165) is 30.2 Å². The Kier molecular flexibility index (Phi) is 6.60. The molecule has 0 bridgehead atoms. The highest BCUT2D eigenvalue weighted by atomic mass is 32.2. The average Bonchev–Trinajstić information content (AvgIpc) is 2.87. The first-order chi connectivity index (χ1) is 9.40. The summed E-state index contributed by atoms with van der Waals surface area (Å²) < 4.78 is 26.5. The third kappa shape index (κ3) is 4.86. The Morgan fingerprint density at radius 1 is 1.45 bits per heavy atom. The molecular formula is C12H19NO5S2. The fraction of sp³-hybridized carbons (Fsp3) is 0.583. The molecule has 1 atom stereocenters. The summed E-state index contributed by atoms with van der Waals surface area (Å²) in [6.45, 7) is 2.27. The van der Waals surface area contributed by atoms with Crippen molar-refractivity contribution in [1.29, 1.82) is 0 Å². The second kappa shape index (κ2) is 7.72. The minimum Gasteiger partial charge on any atom is -0.478 e. The van der Waals surface area contributed by atoms with Crippen LogP contribution in [0.2, 0.25) is 0 Å². The molecule has 20 heavy (non-hydrogen) atoms. The number of sulfonamides is 1. The Labute approximate surface area is 122 Å². The molecule has 1 aromatic rings. The molecule has 6 nitrogen and oxygen atoms in total. The predicted molar refractivity (Wildman–Crippen MR) is 76.6 cm³/mol. The Hall–Kier alpha value is -0.960. The maximum absolute atomic E-state index is 12.0. The minimum absolute atomic E-state index is 0.00542. The number of thiophene rings is 1. The van der Waals surface area contributed by atoms with Gasteiger partial charge in [-0.25, -0.2) is 17.9 Å². The highest BCUT2D eigenvalue weighted by Gasteiger charge is 2.20. The molecule has 0 fully saturated rings. The molecule has 0 aliphatic carbocycles. The normalized spacial score (nSPS) is 13.3. The van der Waals surface area contributed by atoms with E-state index in [9.17, 15) is 13.2 Å². The van der Waals surface area contributed by atoms with E-state index < -0.39 is 16.0 Å². The van der Waals surface area contributed by atoms with E-state index in [0.29, 0.717) is 6.42 Å². The lowest BCUT2D eigenvalue weighted by atomic mass is 10.0. The fourth-order valence-corrected chi connectivity index (χ4v) is 4.12. The zero-order valence-electron chi connectivity index (χ0n) is 11.2. The van der Waals surface area contributed by atoms with Crippen LogP contribution >= 0.6 is 11.3 Å². The molecule has 3 N–H and O–H groups in total. The van der Waals surface area contributed by atoms with Gasteiger partial charge in [0.2, 0.25) is 10.0 Å². The zero-order chi connectivity index (χ0) is 15.2. The Balaban J connectivity index is 2.70. The van der Waals surface area contributed by atoms with Gasteiger partial charge in [-0.1, -0.05) is 13.3 Å². The van der Waals surface area contributed by atoms with Gasteiger partial charge < -0.3 is 10.2 Å². The van der Waals surface area contributed by atoms with Crippen LogP contribution in [0.1, 0.15) is 36.5 Å². The van der Waals surface area contributed by atoms with E-state index in [2.05, 4.69) is 4.72 Å². The maximum Gasteiger partial charge on any atom is 0.336 e. The Bertz CT molecular complexity index is 532. The van der Waals surface area contributed by atoms with Gasteiger partial charge in [0.1, 0.15) is 4.21 Å². The summed E-state index contributed by atoms with van der Waals surface area (Å²) in [4.78, 5) is 10.7. The summed E-state index contributed by atoms with van der Waals surface area (Å²) in [5, 5.41) is 19.0. The second-order valence-electron chi connectivity index (χ2n) is 4.48. The van der Waals surface area contributed by atoms with Crippen molar-refractivity contribution >= 4 is 27.3 Å². The smallest absolute Gasteiger partial charge is 0.336 e. The van der Waals surface area contributed by atoms with Gasteiger partial charge in [0.15, 0.2) is 0 Å². The van der Waals surface area contributed by atoms with Crippen LogP contribution in [0, 0.1) is 5.92 Å². The summed E-state index contributed by atoms with van der Waals surface area (Å²) in [5.74, 6) is -1.06. The van der Waals surface area contributed by atoms with Crippen LogP contribution in [0.15, 0.2) is 15.7 Å². The van der Waals surface area contributed by atoms with Crippen molar-refractivity contribution in [2.24, 2.45) is 5.92 Å². The third-order valence-corrected chi connectivity index (χ3v) is 5.75. The molecule has 0 saturated heterocycles. The van der Waals surface area contributed by atoms with Gasteiger partial charge in [0.25, 0.3) is 0 Å². The standard InChI is InChI=1S/C12H19NO5S2/c1-2-3-9(4-5-14)7-13-20(17,18)11-6-10(8-19-11)12(15)16/h6,8-9,13-14H,2-5,7H2,1H3,(H,15,16). The molecular weight excluding hydrogens is 302 g/mol. The van der Waals surface area contributed by atoms with Crippen molar-refractivity contribution in [2.45, 2.75) is 30.4 Å². The summed E-state index contributed by atoms with van der Waals surface area (Å²) >= 11 is 0.883. The van der Waals surface area contributed by atoms with Crippen molar-refractivity contribution in [3.05, 3.63) is 17.0 Å². The molecule has 0 aromatic carbocycles. The van der Waals surface area contributed by atoms with E-state index in [1.165, 1.54) is 5.38 Å². The van der Waals surface area contributed by atoms with Gasteiger partial charge in [-0.2, -0.15) is 0 Å². The lowest BCUT2D eigenvalue weighted by Crippen LogP contribution is -2.29. The first kappa shape index (κ1) is 17.1. The van der Waals surface area contributed by atoms with Gasteiger partial charge in [0.05, 0.1) is 5.56 Å². The molecule has 0 spiro atoms. The molecule has 0 radical (unpaired) electrons. The van der Waals surface area contributed by atoms with E-state index in [1.54, 1.807) is 0 Å². The zero-order valence-corrected chi connectivity index (χ0v) is 12.8. The topological polar surface area (TPSA) is 104 Å². The molecule has 1 unspecified atom stereocenters. The number of hydrogen-bond acceptors (Lipinski definition) is 5. The van der Waals surface area contributed by atoms with Gasteiger partial charge in [-0.15, -0.1) is 11.3 Å². The van der Waals surface area contributed by atoms with Crippen molar-refractivity contribution in [1.82, 2.24) is 4.72 Å². The quantitative estimate of drug-likeness (QED) is 0.640. The highest BCUT2D eigenvalue weighted by Crippen LogP contribution is 2.20. The molecule has 0 aliphatic heterocycles. The van der Waals surface area contributed by atoms with Crippen molar-refractivity contribution < 1.29 is 23.4 Å². The molecule has 1 heterocycles. The van der Waals surface area contributed by atoms with Crippen molar-refractivity contribution in [3.8, 4) is 0 Å². The SMILES string of the molecule is CCCC(CCO)CNS(=O)(=O)c1cc(C(=O)O)cs1. The second-order valence-corrected chi connectivity index (χ2v) is 7.38. The minimum atomic E-state index is -3.68. The number of carboxylic acid groups (broad SMARTS) is 1. The largest absolute Gasteiger partial charge is 0.478 e. The van der Waals surface area contributed by atoms with Crippen LogP contribution in [-0.2, 0) is 10.0 Å². The lowest BCUT2D eigenvalue weighted by molar-refractivity contribution is 0.0697. The Morgan fingerprint density at radius 2 is 2.15 bits per heavy atom. The fourth-order valence-electron chi connectivity index (χ4n) is 1.81. The molecule has 0 aliphatic rings. The predicted octanol–water partition coefficient (Wildman–Crippen LogP) is 1.52. The molecule has 8 heteroatoms. The number of aliphatic hydroxyl groups is 1. The third-order valence-electron chi connectivity index (χ3n) is 2.88. The number of carboxylic acids is 1. The summed E-state index contributed by atoms with van der Waals surface area (Å²) in [6.07, 6.45) is 2.28. The van der Waals surface area contributed by atoms with Crippen LogP contribution in [0.25, 0.3) is 0 Å². The van der Waals surface area contributed by atoms with Crippen LogP contribution in [0.4, 0.5) is 0 Å². The molecule has 1 rings (SSSR count). The summed E-state index contributed by atoms with van der Waals surface area (Å²) in [7, 11) is -3.68. The van der Waals surface area contributed by atoms with Gasteiger partial charge in [-0.05, 0) is 24.8 Å². The van der Waals surface area contributed by atoms with E-state index in [-0.39, 0.29) is 28.8 Å². The monoisotopic (exact) mass is 321 g/mol. The summed E-state index contributed by atoms with van der Waals surface area (Å²) in [5.41, 5.74) is -0.0316. The van der Waals surface area contributed by atoms with Gasteiger partial charge in [-0.3, -0.25) is 0 Å². The summed E-state index contributed by atoms with van der Waals surface area (Å²) in [6, 6.07) is 1.15. The Morgan fingerprint density at radius 3 is 2.65 bits per heavy atom. The number of rotatable bonds is 9. The van der Waals surface area contributed by atoms with E-state index in [4.69, 9.17) is 10.2 Å². The van der Waals surface area contributed by atoms with Crippen molar-refractivity contribution in [2.75, 3.05) is 13.2 Å². The number of nitrogens with one attached hydrogen (secondary N) is 1. The molecule has 114 valence electrons. The van der Waals surface area contributed by atoms with Gasteiger partial charge >= 0.3 is 5.97 Å². The van der Waals surface area contributed by atoms with Gasteiger partial charge in [0, 0.05) is 18.5 Å². The van der Waals surface area contributed by atoms with Crippen LogP contribution in [-0.4, -0.2) is 37.8 Å². The number of carbonyl (C=O) groups is 1. The molecule has 0 amide bonds. The number of aliphatic hydroxyl groups excluding tert-OH is 1. The van der Waals surface area contributed by atoms with Crippen LogP contribution in [0.5, 0.6) is 0 Å². The first-order valence-corrected chi connectivity index (χ1v) is 8.69. The number of hydrogen-bond donors (Lipinski definition) is 3. The van der Waals surface area contributed by atoms with Crippen LogP contribution in [0.3, 0.4) is 0 Å². The van der Waals surface area contributed by atoms with Crippen LogP contribution < -0.4 is 4.72 Å². The van der Waals surface area contributed by atoms with Crippen molar-refractivity contribution in [3.63, 3.8) is 0 Å². The average molecular weight is 321 g/mol. The first-order valence-electron chi connectivity index (χ1n) is 6.33.